The van der Waals surface area contributed by atoms with Crippen LogP contribution in [0, 0.1) is 0 Å². The van der Waals surface area contributed by atoms with Gasteiger partial charge in [0.15, 0.2) is 0 Å². The van der Waals surface area contributed by atoms with Crippen molar-refractivity contribution in [2.45, 2.75) is 12.5 Å². The van der Waals surface area contributed by atoms with Crippen LogP contribution in [-0.4, -0.2) is 28.6 Å². The number of hydrogen-bond donors (Lipinski definition) is 0. The second kappa shape index (κ2) is 12.0. The van der Waals surface area contributed by atoms with Crippen LogP contribution < -0.4 is 4.74 Å². The molecular formula is C34H30ClN3O. The van der Waals surface area contributed by atoms with Gasteiger partial charge < -0.3 is 4.74 Å². The Balaban J connectivity index is 1.94. The lowest BCUT2D eigenvalue weighted by Gasteiger charge is -2.37. The average molecular weight is 532 g/mol. The van der Waals surface area contributed by atoms with Crippen molar-refractivity contribution in [2.24, 2.45) is 4.99 Å². The van der Waals surface area contributed by atoms with Crippen LogP contribution in [0.25, 0.3) is 16.5 Å². The van der Waals surface area contributed by atoms with Gasteiger partial charge in [0.2, 0.25) is 0 Å². The first-order chi connectivity index (χ1) is 19.2. The number of rotatable bonds is 10. The monoisotopic (exact) mass is 531 g/mol. The third-order valence-corrected chi connectivity index (χ3v) is 6.91. The summed E-state index contributed by atoms with van der Waals surface area (Å²) in [5, 5.41) is 6.33. The van der Waals surface area contributed by atoms with Gasteiger partial charge in [-0.3, -0.25) is 4.99 Å². The Hall–Kier alpha value is -4.41. The highest BCUT2D eigenvalue weighted by atomic mass is 35.5. The number of nitrogens with zero attached hydrogens (tertiary/aromatic N) is 3. The molecule has 4 aromatic carbocycles. The summed E-state index contributed by atoms with van der Waals surface area (Å²) in [6.07, 6.45) is 5.39. The van der Waals surface area contributed by atoms with E-state index in [1.165, 1.54) is 0 Å². The lowest BCUT2D eigenvalue weighted by molar-refractivity contribution is 0.340. The van der Waals surface area contributed by atoms with Crippen LogP contribution >= 0.6 is 11.6 Å². The Labute approximate surface area is 234 Å². The maximum atomic E-state index is 5.90. The van der Waals surface area contributed by atoms with E-state index in [9.17, 15) is 0 Å². The van der Waals surface area contributed by atoms with Crippen LogP contribution in [0.1, 0.15) is 29.3 Å². The number of aromatic nitrogens is 2. The van der Waals surface area contributed by atoms with Crippen molar-refractivity contribution in [3.63, 3.8) is 0 Å². The van der Waals surface area contributed by atoms with Gasteiger partial charge in [-0.2, -0.15) is 5.10 Å². The molecule has 39 heavy (non-hydrogen) atoms. The van der Waals surface area contributed by atoms with Gasteiger partial charge in [-0.15, -0.1) is 11.6 Å². The fourth-order valence-corrected chi connectivity index (χ4v) is 5.22. The zero-order valence-corrected chi connectivity index (χ0v) is 22.6. The summed E-state index contributed by atoms with van der Waals surface area (Å²) in [6, 6.07) is 37.9. The third kappa shape index (κ3) is 4.91. The molecule has 1 heterocycles. The van der Waals surface area contributed by atoms with Gasteiger partial charge in [0.25, 0.3) is 0 Å². The summed E-state index contributed by atoms with van der Waals surface area (Å²) in [5.41, 5.74) is 5.12. The Bertz CT molecular complexity index is 1510. The molecular weight excluding hydrogens is 502 g/mol. The minimum atomic E-state index is -0.760. The minimum absolute atomic E-state index is 0.184. The molecule has 5 aromatic rings. The van der Waals surface area contributed by atoms with Crippen LogP contribution in [0.15, 0.2) is 133 Å². The van der Waals surface area contributed by atoms with Crippen molar-refractivity contribution >= 4 is 34.3 Å². The van der Waals surface area contributed by atoms with Crippen LogP contribution in [0.5, 0.6) is 5.75 Å². The molecule has 0 unspecified atom stereocenters. The predicted octanol–water partition coefficient (Wildman–Crippen LogP) is 8.11. The van der Waals surface area contributed by atoms with Gasteiger partial charge in [-0.1, -0.05) is 104 Å². The summed E-state index contributed by atoms with van der Waals surface area (Å²) in [5.74, 6) is 0.786. The number of halogens is 1. The molecule has 0 saturated heterocycles. The smallest absolute Gasteiger partial charge is 0.138 e. The molecule has 5 rings (SSSR count). The quantitative estimate of drug-likeness (QED) is 0.0600. The summed E-state index contributed by atoms with van der Waals surface area (Å²) in [4.78, 5) is 4.17. The Morgan fingerprint density at radius 2 is 1.46 bits per heavy atom. The van der Waals surface area contributed by atoms with Crippen LogP contribution in [0.3, 0.4) is 0 Å². The van der Waals surface area contributed by atoms with E-state index in [0.29, 0.717) is 6.61 Å². The molecule has 0 radical (unpaired) electrons. The molecule has 0 amide bonds. The first-order valence-corrected chi connectivity index (χ1v) is 13.5. The fourth-order valence-electron chi connectivity index (χ4n) is 5.14. The summed E-state index contributed by atoms with van der Waals surface area (Å²) in [7, 11) is 0. The van der Waals surface area contributed by atoms with E-state index in [1.807, 2.05) is 37.3 Å². The topological polar surface area (TPSA) is 39.4 Å². The van der Waals surface area contributed by atoms with Gasteiger partial charge in [0.05, 0.1) is 12.1 Å². The van der Waals surface area contributed by atoms with E-state index >= 15 is 0 Å². The number of aliphatic imine (C=N–C) groups is 1. The molecule has 5 heteroatoms. The maximum absolute atomic E-state index is 5.90. The second-order valence-corrected chi connectivity index (χ2v) is 9.20. The first-order valence-electron chi connectivity index (χ1n) is 13.0. The highest BCUT2D eigenvalue weighted by Gasteiger charge is 2.41. The predicted molar refractivity (Wildman–Crippen MR) is 163 cm³/mol. The molecule has 0 saturated carbocycles. The fraction of sp³-hybridized carbons (Fsp3) is 0.118. The number of fused-ring (bicyclic) bond motifs is 1. The average Bonchev–Trinajstić information content (AvgIpc) is 3.36. The van der Waals surface area contributed by atoms with Crippen LogP contribution in [0.4, 0.5) is 0 Å². The minimum Gasteiger partial charge on any atom is -0.494 e. The van der Waals surface area contributed by atoms with E-state index in [0.717, 1.165) is 44.6 Å². The number of alkyl halides is 1. The third-order valence-electron chi connectivity index (χ3n) is 6.78. The van der Waals surface area contributed by atoms with E-state index < -0.39 is 5.54 Å². The summed E-state index contributed by atoms with van der Waals surface area (Å²) >= 11 is 5.80. The second-order valence-electron chi connectivity index (χ2n) is 8.96. The number of benzene rings is 4. The zero-order chi connectivity index (χ0) is 27.1. The standard InChI is InChI=1S/C34H30ClN3O/c1-3-26(22-23-36-25-35)33-31-24-30(39-4-2)20-21-32(31)38(37-33)34(27-14-8-5-9-15-27,28-16-10-6-11-17-28)29-18-12-7-13-19-29/h3,5-24H,1,4,25H2,2H3/b26-22+,36-23?. The van der Waals surface area contributed by atoms with Crippen molar-refractivity contribution in [1.82, 2.24) is 9.78 Å². The molecule has 0 aliphatic rings. The molecule has 0 atom stereocenters. The molecule has 194 valence electrons. The lowest BCUT2D eigenvalue weighted by Crippen LogP contribution is -2.38. The molecule has 0 fully saturated rings. The molecule has 0 N–H and O–H groups in total. The molecule has 1 aromatic heterocycles. The van der Waals surface area contributed by atoms with Gasteiger partial charge in [-0.25, -0.2) is 4.68 Å². The number of hydrogen-bond acceptors (Lipinski definition) is 3. The highest BCUT2D eigenvalue weighted by Crippen LogP contribution is 2.43. The van der Waals surface area contributed by atoms with Crippen molar-refractivity contribution in [3.8, 4) is 5.75 Å². The largest absolute Gasteiger partial charge is 0.494 e. The Morgan fingerprint density at radius 1 is 0.897 bits per heavy atom. The van der Waals surface area contributed by atoms with E-state index in [-0.39, 0.29) is 6.00 Å². The van der Waals surface area contributed by atoms with Gasteiger partial charge in [0, 0.05) is 17.2 Å². The van der Waals surface area contributed by atoms with E-state index in [1.54, 1.807) is 12.3 Å². The molecule has 4 nitrogen and oxygen atoms in total. The highest BCUT2D eigenvalue weighted by molar-refractivity contribution is 6.18. The van der Waals surface area contributed by atoms with Gasteiger partial charge in [-0.05, 0) is 47.9 Å². The lowest BCUT2D eigenvalue weighted by atomic mass is 9.77. The van der Waals surface area contributed by atoms with Crippen LogP contribution in [0.2, 0.25) is 0 Å². The number of ether oxygens (including phenoxy) is 1. The van der Waals surface area contributed by atoms with Crippen molar-refractivity contribution in [3.05, 3.63) is 150 Å². The number of allylic oxidation sites excluding steroid dienone is 3. The summed E-state index contributed by atoms with van der Waals surface area (Å²) in [6.45, 7) is 6.64. The SMILES string of the molecule is C=C/C(=C\C=NCCl)c1nn(C(c2ccccc2)(c2ccccc2)c2ccccc2)c2ccc(OCC)cc12. The first kappa shape index (κ1) is 26.2. The Kier molecular flexibility index (Phi) is 8.04. The normalized spacial score (nSPS) is 12.2. The zero-order valence-electron chi connectivity index (χ0n) is 21.9. The van der Waals surface area contributed by atoms with Gasteiger partial charge >= 0.3 is 0 Å². The summed E-state index contributed by atoms with van der Waals surface area (Å²) < 4.78 is 8.05. The molecule has 0 bridgehead atoms. The maximum Gasteiger partial charge on any atom is 0.138 e. The van der Waals surface area contributed by atoms with Crippen molar-refractivity contribution in [2.75, 3.05) is 12.6 Å². The van der Waals surface area contributed by atoms with Crippen molar-refractivity contribution in [1.29, 1.82) is 0 Å². The molecule has 0 spiro atoms. The van der Waals surface area contributed by atoms with E-state index in [2.05, 4.69) is 101 Å². The van der Waals surface area contributed by atoms with E-state index in [4.69, 9.17) is 21.4 Å². The molecule has 0 aliphatic carbocycles. The van der Waals surface area contributed by atoms with Crippen molar-refractivity contribution < 1.29 is 4.74 Å². The molecule has 0 aliphatic heterocycles. The van der Waals surface area contributed by atoms with Crippen LogP contribution in [-0.2, 0) is 5.54 Å². The van der Waals surface area contributed by atoms with Gasteiger partial charge in [0.1, 0.15) is 23.0 Å². The Morgan fingerprint density at radius 3 is 1.95 bits per heavy atom.